The molecule has 0 aliphatic carbocycles. The molecule has 17 heavy (non-hydrogen) atoms. The van der Waals surface area contributed by atoms with E-state index in [0.717, 1.165) is 25.1 Å². The first-order chi connectivity index (χ1) is 8.33. The summed E-state index contributed by atoms with van der Waals surface area (Å²) in [5, 5.41) is 3.28. The molecule has 0 radical (unpaired) electrons. The molecule has 0 saturated carbocycles. The molecule has 0 bridgehead atoms. The van der Waals surface area contributed by atoms with Crippen molar-refractivity contribution < 1.29 is 9.47 Å². The Morgan fingerprint density at radius 3 is 2.12 bits per heavy atom. The first-order valence-corrected chi connectivity index (χ1v) is 6.17. The minimum absolute atomic E-state index is 0.557. The second-order valence-electron chi connectivity index (χ2n) is 3.51. The number of hydrogen-bond donors (Lipinski definition) is 1. The first kappa shape index (κ1) is 13.5. The summed E-state index contributed by atoms with van der Waals surface area (Å²) >= 11 is 0. The minimum Gasteiger partial charge on any atom is -0.476 e. The largest absolute Gasteiger partial charge is 0.476 e. The molecule has 0 saturated heterocycles. The fourth-order valence-corrected chi connectivity index (χ4v) is 1.39. The molecule has 1 heterocycles. The lowest BCUT2D eigenvalue weighted by atomic mass is 10.3. The molecule has 0 unspecified atom stereocenters. The highest BCUT2D eigenvalue weighted by Gasteiger charge is 2.12. The lowest BCUT2D eigenvalue weighted by Gasteiger charge is -2.14. The monoisotopic (exact) mass is 239 g/mol. The maximum Gasteiger partial charge on any atom is 0.244 e. The highest BCUT2D eigenvalue weighted by atomic mass is 16.5. The Bertz CT molecular complexity index is 307. The topological polar surface area (TPSA) is 56.3 Å². The van der Waals surface area contributed by atoms with Crippen LogP contribution in [0.1, 0.15) is 33.6 Å². The molecule has 0 atom stereocenters. The second kappa shape index (κ2) is 7.70. The number of unbranched alkanes of at least 4 members (excludes halogenated alkanes) is 1. The molecular formula is C12H21N3O2. The van der Waals surface area contributed by atoms with Gasteiger partial charge >= 0.3 is 0 Å². The Kier molecular flexibility index (Phi) is 6.14. The highest BCUT2D eigenvalue weighted by Crippen LogP contribution is 2.30. The molecular weight excluding hydrogens is 218 g/mol. The zero-order valence-electron chi connectivity index (χ0n) is 10.8. The van der Waals surface area contributed by atoms with Gasteiger partial charge in [0.2, 0.25) is 11.8 Å². The van der Waals surface area contributed by atoms with Crippen LogP contribution in [-0.4, -0.2) is 29.7 Å². The summed E-state index contributed by atoms with van der Waals surface area (Å²) in [6, 6.07) is 0. The van der Waals surface area contributed by atoms with E-state index in [9.17, 15) is 0 Å². The maximum atomic E-state index is 5.46. The van der Waals surface area contributed by atoms with Crippen LogP contribution in [0.15, 0.2) is 6.33 Å². The van der Waals surface area contributed by atoms with Crippen LogP contribution in [0, 0.1) is 0 Å². The van der Waals surface area contributed by atoms with Crippen LogP contribution in [0.5, 0.6) is 11.8 Å². The predicted octanol–water partition coefficient (Wildman–Crippen LogP) is 2.49. The lowest BCUT2D eigenvalue weighted by molar-refractivity contribution is 0.308. The van der Waals surface area contributed by atoms with E-state index >= 15 is 0 Å². The molecule has 0 fully saturated rings. The Morgan fingerprint density at radius 2 is 1.65 bits per heavy atom. The highest BCUT2D eigenvalue weighted by molar-refractivity contribution is 5.60. The molecule has 0 aliphatic heterocycles. The van der Waals surface area contributed by atoms with Crippen molar-refractivity contribution in [2.75, 3.05) is 25.1 Å². The third-order valence-electron chi connectivity index (χ3n) is 2.17. The Hall–Kier alpha value is -1.52. The van der Waals surface area contributed by atoms with E-state index in [0.29, 0.717) is 25.0 Å². The summed E-state index contributed by atoms with van der Waals surface area (Å²) in [6.45, 7) is 8.02. The van der Waals surface area contributed by atoms with Crippen LogP contribution in [0.3, 0.4) is 0 Å². The molecule has 5 nitrogen and oxygen atoms in total. The summed E-state index contributed by atoms with van der Waals surface area (Å²) in [7, 11) is 0. The summed E-state index contributed by atoms with van der Waals surface area (Å²) in [5.41, 5.74) is 0.754. The zero-order chi connectivity index (χ0) is 12.5. The van der Waals surface area contributed by atoms with Crippen LogP contribution in [-0.2, 0) is 0 Å². The van der Waals surface area contributed by atoms with E-state index < -0.39 is 0 Å². The lowest BCUT2D eigenvalue weighted by Crippen LogP contribution is -2.09. The third-order valence-corrected chi connectivity index (χ3v) is 2.17. The molecule has 1 rings (SSSR count). The standard InChI is InChI=1S/C12H21N3O2/c1-4-7-8-13-10-11(16-5-2)14-9-15-12(10)17-6-3/h9,13H,4-8H2,1-3H3. The van der Waals surface area contributed by atoms with Crippen molar-refractivity contribution in [3.63, 3.8) is 0 Å². The van der Waals surface area contributed by atoms with Gasteiger partial charge in [-0.3, -0.25) is 0 Å². The van der Waals surface area contributed by atoms with Crippen LogP contribution < -0.4 is 14.8 Å². The molecule has 5 heteroatoms. The summed E-state index contributed by atoms with van der Waals surface area (Å²) in [5.74, 6) is 1.11. The van der Waals surface area contributed by atoms with E-state index in [-0.39, 0.29) is 0 Å². The van der Waals surface area contributed by atoms with Crippen LogP contribution in [0.2, 0.25) is 0 Å². The van der Waals surface area contributed by atoms with Gasteiger partial charge in [0.25, 0.3) is 0 Å². The number of aromatic nitrogens is 2. The van der Waals surface area contributed by atoms with Gasteiger partial charge in [-0.05, 0) is 20.3 Å². The van der Waals surface area contributed by atoms with Crippen LogP contribution in [0.4, 0.5) is 5.69 Å². The quantitative estimate of drug-likeness (QED) is 0.706. The van der Waals surface area contributed by atoms with Crippen LogP contribution >= 0.6 is 0 Å². The van der Waals surface area contributed by atoms with Gasteiger partial charge in [-0.2, -0.15) is 9.97 Å². The van der Waals surface area contributed by atoms with Gasteiger partial charge in [0.05, 0.1) is 13.2 Å². The molecule has 0 spiro atoms. The van der Waals surface area contributed by atoms with Gasteiger partial charge in [-0.15, -0.1) is 0 Å². The number of nitrogens with one attached hydrogen (secondary N) is 1. The first-order valence-electron chi connectivity index (χ1n) is 6.17. The Balaban J connectivity index is 2.83. The molecule has 96 valence electrons. The number of anilines is 1. The number of hydrogen-bond acceptors (Lipinski definition) is 5. The van der Waals surface area contributed by atoms with Crippen molar-refractivity contribution in [3.8, 4) is 11.8 Å². The molecule has 0 aromatic carbocycles. The van der Waals surface area contributed by atoms with Crippen molar-refractivity contribution in [2.24, 2.45) is 0 Å². The van der Waals surface area contributed by atoms with Gasteiger partial charge in [-0.1, -0.05) is 13.3 Å². The minimum atomic E-state index is 0.557. The number of nitrogens with zero attached hydrogens (tertiary/aromatic N) is 2. The molecule has 0 aliphatic rings. The molecule has 1 N–H and O–H groups in total. The van der Waals surface area contributed by atoms with Crippen molar-refractivity contribution in [1.82, 2.24) is 9.97 Å². The zero-order valence-corrected chi connectivity index (χ0v) is 10.8. The summed E-state index contributed by atoms with van der Waals surface area (Å²) in [6.07, 6.45) is 3.68. The van der Waals surface area contributed by atoms with Gasteiger partial charge in [0, 0.05) is 6.54 Å². The van der Waals surface area contributed by atoms with Crippen molar-refractivity contribution >= 4 is 5.69 Å². The normalized spacial score (nSPS) is 10.1. The van der Waals surface area contributed by atoms with Crippen molar-refractivity contribution in [3.05, 3.63) is 6.33 Å². The fourth-order valence-electron chi connectivity index (χ4n) is 1.39. The van der Waals surface area contributed by atoms with E-state index in [4.69, 9.17) is 9.47 Å². The van der Waals surface area contributed by atoms with Crippen LogP contribution in [0.25, 0.3) is 0 Å². The number of rotatable bonds is 8. The maximum absolute atomic E-state index is 5.46. The van der Waals surface area contributed by atoms with E-state index in [2.05, 4.69) is 22.2 Å². The van der Waals surface area contributed by atoms with Gasteiger partial charge in [-0.25, -0.2) is 0 Å². The molecule has 1 aromatic rings. The van der Waals surface area contributed by atoms with Gasteiger partial charge in [0.15, 0.2) is 5.69 Å². The van der Waals surface area contributed by atoms with E-state index in [1.54, 1.807) is 0 Å². The fraction of sp³-hybridized carbons (Fsp3) is 0.667. The Labute approximate surface area is 103 Å². The van der Waals surface area contributed by atoms with Crippen molar-refractivity contribution in [2.45, 2.75) is 33.6 Å². The molecule has 1 aromatic heterocycles. The van der Waals surface area contributed by atoms with Gasteiger partial charge in [0.1, 0.15) is 6.33 Å². The van der Waals surface area contributed by atoms with Crippen molar-refractivity contribution in [1.29, 1.82) is 0 Å². The SMILES string of the molecule is CCCCNc1c(OCC)ncnc1OCC. The predicted molar refractivity (Wildman–Crippen MR) is 67.8 cm³/mol. The van der Waals surface area contributed by atoms with Gasteiger partial charge < -0.3 is 14.8 Å². The summed E-state index contributed by atoms with van der Waals surface area (Å²) < 4.78 is 10.9. The smallest absolute Gasteiger partial charge is 0.244 e. The van der Waals surface area contributed by atoms with E-state index in [1.165, 1.54) is 6.33 Å². The summed E-state index contributed by atoms with van der Waals surface area (Å²) in [4.78, 5) is 8.23. The average molecular weight is 239 g/mol. The molecule has 0 amide bonds. The van der Waals surface area contributed by atoms with E-state index in [1.807, 2.05) is 13.8 Å². The third kappa shape index (κ3) is 4.09. The number of ether oxygens (including phenoxy) is 2. The average Bonchev–Trinajstić information content (AvgIpc) is 2.33. The second-order valence-corrected chi connectivity index (χ2v) is 3.51. The Morgan fingerprint density at radius 1 is 1.06 bits per heavy atom.